The normalized spacial score (nSPS) is 10.3. The SMILES string of the molecule is O=[N+]([O-])c1cccc(Br)c1Oc1nc(Cl)ncc1Br. The van der Waals surface area contributed by atoms with Crippen LogP contribution in [-0.2, 0) is 0 Å². The molecule has 0 N–H and O–H groups in total. The Kier molecular flexibility index (Phi) is 4.33. The summed E-state index contributed by atoms with van der Waals surface area (Å²) >= 11 is 12.0. The number of aromatic nitrogens is 2. The van der Waals surface area contributed by atoms with Gasteiger partial charge in [-0.25, -0.2) is 4.98 Å². The molecule has 0 aliphatic carbocycles. The van der Waals surface area contributed by atoms with Crippen LogP contribution in [0, 0.1) is 10.1 Å². The molecule has 0 atom stereocenters. The van der Waals surface area contributed by atoms with Crippen molar-refractivity contribution < 1.29 is 9.66 Å². The first kappa shape index (κ1) is 14.2. The number of nitro benzene ring substituents is 1. The fourth-order valence-electron chi connectivity index (χ4n) is 1.24. The lowest BCUT2D eigenvalue weighted by Gasteiger charge is -2.08. The fourth-order valence-corrected chi connectivity index (χ4v) is 2.08. The minimum absolute atomic E-state index is 0.0205. The fraction of sp³-hybridized carbons (Fsp3) is 0. The number of ether oxygens (including phenoxy) is 1. The van der Waals surface area contributed by atoms with E-state index in [4.69, 9.17) is 16.3 Å². The van der Waals surface area contributed by atoms with E-state index in [1.54, 1.807) is 6.07 Å². The van der Waals surface area contributed by atoms with Gasteiger partial charge in [0, 0.05) is 12.3 Å². The van der Waals surface area contributed by atoms with Gasteiger partial charge in [-0.3, -0.25) is 10.1 Å². The van der Waals surface area contributed by atoms with Gasteiger partial charge in [0.15, 0.2) is 0 Å². The zero-order valence-electron chi connectivity index (χ0n) is 9.01. The summed E-state index contributed by atoms with van der Waals surface area (Å²) in [5.41, 5.74) is -0.184. The van der Waals surface area contributed by atoms with Gasteiger partial charge in [0.05, 0.1) is 13.9 Å². The number of hydrogen-bond donors (Lipinski definition) is 0. The van der Waals surface area contributed by atoms with Crippen LogP contribution in [0.4, 0.5) is 5.69 Å². The van der Waals surface area contributed by atoms with Crippen LogP contribution >= 0.6 is 43.5 Å². The third-order valence-electron chi connectivity index (χ3n) is 2.02. The van der Waals surface area contributed by atoms with Crippen molar-refractivity contribution in [2.45, 2.75) is 0 Å². The molecule has 0 fully saturated rings. The van der Waals surface area contributed by atoms with E-state index in [1.165, 1.54) is 18.3 Å². The van der Waals surface area contributed by atoms with Crippen molar-refractivity contribution in [1.29, 1.82) is 0 Å². The predicted octanol–water partition coefficient (Wildman–Crippen LogP) is 4.36. The maximum atomic E-state index is 11.0. The molecule has 2 rings (SSSR count). The van der Waals surface area contributed by atoms with Crippen LogP contribution < -0.4 is 4.74 Å². The third kappa shape index (κ3) is 3.20. The van der Waals surface area contributed by atoms with Crippen molar-refractivity contribution in [3.8, 4) is 11.6 Å². The Morgan fingerprint density at radius 2 is 2.05 bits per heavy atom. The largest absolute Gasteiger partial charge is 0.429 e. The number of halogens is 3. The Hall–Kier alpha value is -1.25. The molecule has 0 amide bonds. The summed E-state index contributed by atoms with van der Waals surface area (Å²) in [6.07, 6.45) is 1.40. The first-order valence-corrected chi connectivity index (χ1v) is 6.74. The first-order valence-electron chi connectivity index (χ1n) is 4.78. The minimum atomic E-state index is -0.545. The summed E-state index contributed by atoms with van der Waals surface area (Å²) < 4.78 is 6.31. The summed E-state index contributed by atoms with van der Waals surface area (Å²) in [5.74, 6) is 0.137. The molecule has 0 bridgehead atoms. The van der Waals surface area contributed by atoms with Crippen LogP contribution in [0.15, 0.2) is 33.3 Å². The number of para-hydroxylation sites is 1. The predicted molar refractivity (Wildman–Crippen MR) is 75.6 cm³/mol. The van der Waals surface area contributed by atoms with Gasteiger partial charge in [-0.05, 0) is 49.5 Å². The molecular weight excluding hydrogens is 405 g/mol. The van der Waals surface area contributed by atoms with Gasteiger partial charge in [0.2, 0.25) is 16.9 Å². The lowest BCUT2D eigenvalue weighted by Crippen LogP contribution is -1.97. The molecule has 0 aliphatic heterocycles. The molecular formula is C10H4Br2ClN3O3. The molecule has 0 radical (unpaired) electrons. The van der Waals surface area contributed by atoms with E-state index in [1.807, 2.05) is 0 Å². The van der Waals surface area contributed by atoms with Crippen LogP contribution in [0.1, 0.15) is 0 Å². The smallest absolute Gasteiger partial charge is 0.312 e. The lowest BCUT2D eigenvalue weighted by atomic mass is 10.3. The van der Waals surface area contributed by atoms with Crippen LogP contribution in [-0.4, -0.2) is 14.9 Å². The Morgan fingerprint density at radius 1 is 1.32 bits per heavy atom. The van der Waals surface area contributed by atoms with Crippen molar-refractivity contribution in [3.63, 3.8) is 0 Å². The first-order chi connectivity index (χ1) is 8.99. The molecule has 0 aliphatic rings. The standard InChI is InChI=1S/C10H4Br2ClN3O3/c11-5-2-1-3-7(16(17)18)8(5)19-9-6(12)4-14-10(13)15-9/h1-4H. The molecule has 1 heterocycles. The molecule has 98 valence electrons. The Balaban J connectivity index is 2.49. The van der Waals surface area contributed by atoms with E-state index in [2.05, 4.69) is 41.8 Å². The lowest BCUT2D eigenvalue weighted by molar-refractivity contribution is -0.385. The molecule has 6 nitrogen and oxygen atoms in total. The molecule has 19 heavy (non-hydrogen) atoms. The van der Waals surface area contributed by atoms with Gasteiger partial charge in [-0.2, -0.15) is 4.98 Å². The Morgan fingerprint density at radius 3 is 2.74 bits per heavy atom. The second-order valence-electron chi connectivity index (χ2n) is 3.24. The summed E-state index contributed by atoms with van der Waals surface area (Å²) in [7, 11) is 0. The van der Waals surface area contributed by atoms with Crippen LogP contribution in [0.5, 0.6) is 11.6 Å². The monoisotopic (exact) mass is 407 g/mol. The van der Waals surface area contributed by atoms with Crippen molar-refractivity contribution in [2.24, 2.45) is 0 Å². The van der Waals surface area contributed by atoms with Crippen molar-refractivity contribution in [3.05, 3.63) is 48.7 Å². The molecule has 0 unspecified atom stereocenters. The quantitative estimate of drug-likeness (QED) is 0.428. The van der Waals surface area contributed by atoms with Gasteiger partial charge >= 0.3 is 5.69 Å². The summed E-state index contributed by atoms with van der Waals surface area (Å²) in [6, 6.07) is 4.49. The van der Waals surface area contributed by atoms with Gasteiger partial charge < -0.3 is 4.74 Å². The molecule has 1 aromatic carbocycles. The summed E-state index contributed by atoms with van der Waals surface area (Å²) in [6.45, 7) is 0. The van der Waals surface area contributed by atoms with E-state index >= 15 is 0 Å². The van der Waals surface area contributed by atoms with Crippen LogP contribution in [0.2, 0.25) is 5.28 Å². The summed E-state index contributed by atoms with van der Waals surface area (Å²) in [4.78, 5) is 18.0. The molecule has 9 heteroatoms. The van der Waals surface area contributed by atoms with Crippen LogP contribution in [0.25, 0.3) is 0 Å². The highest BCUT2D eigenvalue weighted by atomic mass is 79.9. The highest BCUT2D eigenvalue weighted by molar-refractivity contribution is 9.11. The zero-order chi connectivity index (χ0) is 14.0. The topological polar surface area (TPSA) is 78.2 Å². The van der Waals surface area contributed by atoms with Gasteiger partial charge in [-0.15, -0.1) is 0 Å². The molecule has 0 spiro atoms. The Labute approximate surface area is 129 Å². The van der Waals surface area contributed by atoms with E-state index < -0.39 is 4.92 Å². The second-order valence-corrected chi connectivity index (χ2v) is 5.29. The average Bonchev–Trinajstić information content (AvgIpc) is 2.35. The van der Waals surface area contributed by atoms with Crippen molar-refractivity contribution >= 4 is 49.1 Å². The molecule has 0 saturated carbocycles. The number of rotatable bonds is 3. The number of nitrogens with zero attached hydrogens (tertiary/aromatic N) is 3. The van der Waals surface area contributed by atoms with Gasteiger partial charge in [0.25, 0.3) is 0 Å². The van der Waals surface area contributed by atoms with Crippen molar-refractivity contribution in [1.82, 2.24) is 9.97 Å². The van der Waals surface area contributed by atoms with E-state index in [9.17, 15) is 10.1 Å². The maximum Gasteiger partial charge on any atom is 0.312 e. The maximum absolute atomic E-state index is 11.0. The highest BCUT2D eigenvalue weighted by Gasteiger charge is 2.20. The van der Waals surface area contributed by atoms with E-state index in [-0.39, 0.29) is 22.6 Å². The number of nitro groups is 1. The molecule has 2 aromatic rings. The third-order valence-corrected chi connectivity index (χ3v) is 3.37. The second kappa shape index (κ2) is 5.81. The molecule has 0 saturated heterocycles. The number of benzene rings is 1. The number of hydrogen-bond acceptors (Lipinski definition) is 5. The van der Waals surface area contributed by atoms with E-state index in [0.717, 1.165) is 0 Å². The Bertz CT molecular complexity index is 654. The van der Waals surface area contributed by atoms with Gasteiger partial charge in [0.1, 0.15) is 0 Å². The van der Waals surface area contributed by atoms with Crippen LogP contribution in [0.3, 0.4) is 0 Å². The highest BCUT2D eigenvalue weighted by Crippen LogP contribution is 2.39. The van der Waals surface area contributed by atoms with Gasteiger partial charge in [-0.1, -0.05) is 6.07 Å². The van der Waals surface area contributed by atoms with E-state index in [0.29, 0.717) is 8.95 Å². The zero-order valence-corrected chi connectivity index (χ0v) is 12.9. The van der Waals surface area contributed by atoms with Crippen molar-refractivity contribution in [2.75, 3.05) is 0 Å². The minimum Gasteiger partial charge on any atom is -0.429 e. The average molecular weight is 409 g/mol. The summed E-state index contributed by atoms with van der Waals surface area (Å²) in [5, 5.41) is 10.9. The molecule has 1 aromatic heterocycles.